The maximum absolute atomic E-state index is 12.1. The van der Waals surface area contributed by atoms with Crippen molar-refractivity contribution in [2.45, 2.75) is 38.6 Å². The van der Waals surface area contributed by atoms with Gasteiger partial charge in [0.15, 0.2) is 0 Å². The van der Waals surface area contributed by atoms with Gasteiger partial charge in [0.05, 0.1) is 12.6 Å². The highest BCUT2D eigenvalue weighted by Crippen LogP contribution is 2.35. The molecule has 1 aromatic heterocycles. The molecule has 0 aliphatic heterocycles. The minimum Gasteiger partial charge on any atom is -0.364 e. The van der Waals surface area contributed by atoms with Gasteiger partial charge in [-0.25, -0.2) is 0 Å². The van der Waals surface area contributed by atoms with Crippen LogP contribution in [0.2, 0.25) is 0 Å². The molecule has 2 rings (SSSR count). The summed E-state index contributed by atoms with van der Waals surface area (Å²) < 4.78 is 4.68. The van der Waals surface area contributed by atoms with Crippen molar-refractivity contribution in [3.63, 3.8) is 0 Å². The summed E-state index contributed by atoms with van der Waals surface area (Å²) in [5.74, 6) is -0.178. The lowest BCUT2D eigenvalue weighted by Crippen LogP contribution is -2.41. The molecule has 0 radical (unpaired) electrons. The third-order valence-electron chi connectivity index (χ3n) is 3.28. The van der Waals surface area contributed by atoms with Gasteiger partial charge in [0.25, 0.3) is 0 Å². The monoisotopic (exact) mass is 233 g/mol. The largest absolute Gasteiger partial charge is 0.364 e. The zero-order valence-electron chi connectivity index (χ0n) is 9.61. The summed E-state index contributed by atoms with van der Waals surface area (Å²) >= 11 is 0. The van der Waals surface area contributed by atoms with Crippen LogP contribution in [0.25, 0.3) is 0 Å². The van der Waals surface area contributed by atoms with Crippen molar-refractivity contribution >= 4 is 5.91 Å². The summed E-state index contributed by atoms with van der Waals surface area (Å²) in [5.41, 5.74) is -0.163. The zero-order chi connectivity index (χ0) is 12.1. The topological polar surface area (TPSA) is 78.9 Å². The number of nitriles is 1. The average molecular weight is 233 g/mol. The van der Waals surface area contributed by atoms with Crippen molar-refractivity contribution < 1.29 is 9.32 Å². The molecule has 5 nitrogen and oxygen atoms in total. The van der Waals surface area contributed by atoms with E-state index < -0.39 is 5.41 Å². The van der Waals surface area contributed by atoms with Crippen LogP contribution < -0.4 is 5.32 Å². The smallest absolute Gasteiger partial charge is 0.240 e. The molecule has 17 heavy (non-hydrogen) atoms. The van der Waals surface area contributed by atoms with Crippen LogP contribution in [0.1, 0.15) is 37.8 Å². The molecular formula is C12H15N3O2. The highest BCUT2D eigenvalue weighted by molar-refractivity contribution is 5.85. The van der Waals surface area contributed by atoms with Crippen molar-refractivity contribution in [3.05, 3.63) is 18.0 Å². The summed E-state index contributed by atoms with van der Waals surface area (Å²) in [5, 5.41) is 15.7. The Morgan fingerprint density at radius 2 is 2.29 bits per heavy atom. The van der Waals surface area contributed by atoms with E-state index in [0.717, 1.165) is 19.3 Å². The predicted molar refractivity (Wildman–Crippen MR) is 59.5 cm³/mol. The minimum atomic E-state index is -0.831. The van der Waals surface area contributed by atoms with Gasteiger partial charge in [-0.3, -0.25) is 4.79 Å². The predicted octanol–water partition coefficient (Wildman–Crippen LogP) is 1.76. The molecule has 90 valence electrons. The van der Waals surface area contributed by atoms with Crippen molar-refractivity contribution in [1.29, 1.82) is 5.26 Å². The fourth-order valence-corrected chi connectivity index (χ4v) is 2.21. The normalized spacial score (nSPS) is 18.3. The number of nitrogens with one attached hydrogen (secondary N) is 1. The fourth-order valence-electron chi connectivity index (χ4n) is 2.21. The highest BCUT2D eigenvalue weighted by atomic mass is 16.5. The Balaban J connectivity index is 1.96. The Kier molecular flexibility index (Phi) is 3.43. The van der Waals surface area contributed by atoms with Crippen molar-refractivity contribution in [1.82, 2.24) is 10.5 Å². The lowest BCUT2D eigenvalue weighted by atomic mass is 9.74. The third-order valence-corrected chi connectivity index (χ3v) is 3.28. The molecule has 1 N–H and O–H groups in total. The summed E-state index contributed by atoms with van der Waals surface area (Å²) in [4.78, 5) is 12.1. The number of rotatable bonds is 3. The maximum atomic E-state index is 12.1. The van der Waals surface area contributed by atoms with E-state index in [9.17, 15) is 10.1 Å². The number of aromatic nitrogens is 1. The fraction of sp³-hybridized carbons (Fsp3) is 0.583. The maximum Gasteiger partial charge on any atom is 0.240 e. The standard InChI is InChI=1S/C12H15N3O2/c13-9-12(5-2-1-3-6-12)11(16)14-8-10-4-7-17-15-10/h4,7H,1-3,5-6,8H2,(H,14,16). The van der Waals surface area contributed by atoms with Crippen LogP contribution in [0.5, 0.6) is 0 Å². The quantitative estimate of drug-likeness (QED) is 0.862. The van der Waals surface area contributed by atoms with Crippen LogP contribution in [0.15, 0.2) is 16.9 Å². The summed E-state index contributed by atoms with van der Waals surface area (Å²) in [6.07, 6.45) is 5.79. The molecule has 1 fully saturated rings. The van der Waals surface area contributed by atoms with Gasteiger partial charge < -0.3 is 9.84 Å². The molecule has 0 bridgehead atoms. The van der Waals surface area contributed by atoms with Crippen molar-refractivity contribution in [2.75, 3.05) is 0 Å². The Morgan fingerprint density at radius 3 is 2.88 bits per heavy atom. The highest BCUT2D eigenvalue weighted by Gasteiger charge is 2.39. The first kappa shape index (κ1) is 11.6. The molecule has 1 aliphatic rings. The van der Waals surface area contributed by atoms with Gasteiger partial charge in [0.1, 0.15) is 17.4 Å². The van der Waals surface area contributed by atoms with Gasteiger partial charge in [0, 0.05) is 6.07 Å². The van der Waals surface area contributed by atoms with Gasteiger partial charge in [-0.2, -0.15) is 5.26 Å². The van der Waals surface area contributed by atoms with E-state index in [0.29, 0.717) is 25.1 Å². The van der Waals surface area contributed by atoms with Gasteiger partial charge in [-0.15, -0.1) is 0 Å². The summed E-state index contributed by atoms with van der Waals surface area (Å²) in [6, 6.07) is 3.89. The van der Waals surface area contributed by atoms with E-state index in [2.05, 4.69) is 21.1 Å². The molecule has 0 unspecified atom stereocenters. The van der Waals surface area contributed by atoms with Gasteiger partial charge in [-0.05, 0) is 12.8 Å². The molecule has 1 heterocycles. The van der Waals surface area contributed by atoms with Crippen LogP contribution in [0.4, 0.5) is 0 Å². The number of hydrogen-bond donors (Lipinski definition) is 1. The van der Waals surface area contributed by atoms with E-state index in [4.69, 9.17) is 0 Å². The van der Waals surface area contributed by atoms with Crippen molar-refractivity contribution in [2.24, 2.45) is 5.41 Å². The SMILES string of the molecule is N#CC1(C(=O)NCc2ccon2)CCCCC1. The van der Waals surface area contributed by atoms with Crippen LogP contribution in [0, 0.1) is 16.7 Å². The molecule has 0 aromatic carbocycles. The van der Waals surface area contributed by atoms with E-state index in [1.807, 2.05) is 0 Å². The molecule has 1 amide bonds. The number of carbonyl (C=O) groups excluding carboxylic acids is 1. The van der Waals surface area contributed by atoms with E-state index >= 15 is 0 Å². The number of carbonyl (C=O) groups is 1. The molecule has 5 heteroatoms. The second-order valence-electron chi connectivity index (χ2n) is 4.43. The lowest BCUT2D eigenvalue weighted by molar-refractivity contribution is -0.129. The molecule has 1 saturated carbocycles. The third kappa shape index (κ3) is 2.47. The van der Waals surface area contributed by atoms with Gasteiger partial charge in [-0.1, -0.05) is 24.4 Å². The van der Waals surface area contributed by atoms with Gasteiger partial charge >= 0.3 is 0 Å². The average Bonchev–Trinajstić information content (AvgIpc) is 2.90. The Morgan fingerprint density at radius 1 is 1.53 bits per heavy atom. The second kappa shape index (κ2) is 5.00. The molecule has 1 aromatic rings. The van der Waals surface area contributed by atoms with E-state index in [1.54, 1.807) is 6.07 Å². The Hall–Kier alpha value is -1.83. The Bertz CT molecular complexity index is 413. The first-order chi connectivity index (χ1) is 8.27. The van der Waals surface area contributed by atoms with Crippen LogP contribution in [-0.4, -0.2) is 11.1 Å². The summed E-state index contributed by atoms with van der Waals surface area (Å²) in [7, 11) is 0. The molecule has 0 spiro atoms. The van der Waals surface area contributed by atoms with Crippen LogP contribution in [0.3, 0.4) is 0 Å². The Labute approximate surface area is 99.8 Å². The number of hydrogen-bond acceptors (Lipinski definition) is 4. The lowest BCUT2D eigenvalue weighted by Gasteiger charge is -2.28. The molecule has 0 atom stereocenters. The zero-order valence-corrected chi connectivity index (χ0v) is 9.61. The first-order valence-corrected chi connectivity index (χ1v) is 5.86. The first-order valence-electron chi connectivity index (χ1n) is 5.86. The van der Waals surface area contributed by atoms with E-state index in [1.165, 1.54) is 6.26 Å². The molecule has 1 aliphatic carbocycles. The molecular weight excluding hydrogens is 218 g/mol. The summed E-state index contributed by atoms with van der Waals surface area (Å²) in [6.45, 7) is 0.318. The molecule has 0 saturated heterocycles. The van der Waals surface area contributed by atoms with Gasteiger partial charge in [0.2, 0.25) is 5.91 Å². The van der Waals surface area contributed by atoms with Crippen molar-refractivity contribution in [3.8, 4) is 6.07 Å². The minimum absolute atomic E-state index is 0.178. The van der Waals surface area contributed by atoms with E-state index in [-0.39, 0.29) is 5.91 Å². The number of nitrogens with zero attached hydrogens (tertiary/aromatic N) is 2. The van der Waals surface area contributed by atoms with Crippen LogP contribution >= 0.6 is 0 Å². The number of amides is 1. The van der Waals surface area contributed by atoms with Crippen LogP contribution in [-0.2, 0) is 11.3 Å². The second-order valence-corrected chi connectivity index (χ2v) is 4.43.